The second-order valence-electron chi connectivity index (χ2n) is 4.54. The summed E-state index contributed by atoms with van der Waals surface area (Å²) < 4.78 is 0. The van der Waals surface area contributed by atoms with E-state index in [1.165, 1.54) is 0 Å². The first-order chi connectivity index (χ1) is 7.13. The Bertz CT molecular complexity index is 200. The standard InChI is InChI=1S/C11H21NO3/c1-8-2-4-9(5-3-8)11(15)12-6-10(14)7-13/h8-10,13-14H,2-7H2,1H3,(H,12,15). The van der Waals surface area contributed by atoms with Gasteiger partial charge in [0, 0.05) is 12.5 Å². The summed E-state index contributed by atoms with van der Waals surface area (Å²) in [5.74, 6) is 0.860. The van der Waals surface area contributed by atoms with Crippen LogP contribution in [0.5, 0.6) is 0 Å². The molecule has 0 bridgehead atoms. The summed E-state index contributed by atoms with van der Waals surface area (Å²) in [6.07, 6.45) is 3.28. The number of aliphatic hydroxyl groups is 2. The molecule has 0 saturated heterocycles. The van der Waals surface area contributed by atoms with E-state index in [1.54, 1.807) is 0 Å². The molecular formula is C11H21NO3. The molecule has 0 aromatic heterocycles. The predicted molar refractivity (Wildman–Crippen MR) is 57.2 cm³/mol. The Morgan fingerprint density at radius 1 is 1.40 bits per heavy atom. The van der Waals surface area contributed by atoms with Crippen molar-refractivity contribution >= 4 is 5.91 Å². The Labute approximate surface area is 90.7 Å². The van der Waals surface area contributed by atoms with Gasteiger partial charge in [-0.05, 0) is 31.6 Å². The molecule has 0 aromatic carbocycles. The Kier molecular flexibility index (Phi) is 5.05. The van der Waals surface area contributed by atoms with Crippen molar-refractivity contribution < 1.29 is 15.0 Å². The minimum Gasteiger partial charge on any atom is -0.394 e. The van der Waals surface area contributed by atoms with Gasteiger partial charge in [-0.15, -0.1) is 0 Å². The summed E-state index contributed by atoms with van der Waals surface area (Å²) in [7, 11) is 0. The van der Waals surface area contributed by atoms with E-state index in [0.717, 1.165) is 31.6 Å². The number of rotatable bonds is 4. The lowest BCUT2D eigenvalue weighted by Gasteiger charge is -2.25. The van der Waals surface area contributed by atoms with E-state index in [9.17, 15) is 4.79 Å². The molecule has 1 aliphatic carbocycles. The molecule has 0 aromatic rings. The first kappa shape index (κ1) is 12.5. The summed E-state index contributed by atoms with van der Waals surface area (Å²) in [6, 6.07) is 0. The van der Waals surface area contributed by atoms with Gasteiger partial charge in [-0.3, -0.25) is 4.79 Å². The van der Waals surface area contributed by atoms with Crippen molar-refractivity contribution in [3.05, 3.63) is 0 Å². The van der Waals surface area contributed by atoms with Gasteiger partial charge in [0.2, 0.25) is 5.91 Å². The third kappa shape index (κ3) is 4.18. The predicted octanol–water partition coefficient (Wildman–Crippen LogP) is 0.282. The van der Waals surface area contributed by atoms with Crippen LogP contribution in [0.25, 0.3) is 0 Å². The van der Waals surface area contributed by atoms with E-state index in [0.29, 0.717) is 0 Å². The summed E-state index contributed by atoms with van der Waals surface area (Å²) in [5, 5.41) is 20.3. The molecule has 1 atom stereocenters. The van der Waals surface area contributed by atoms with Crippen LogP contribution in [0.15, 0.2) is 0 Å². The van der Waals surface area contributed by atoms with E-state index < -0.39 is 6.10 Å². The van der Waals surface area contributed by atoms with Crippen LogP contribution in [0.4, 0.5) is 0 Å². The zero-order valence-electron chi connectivity index (χ0n) is 9.28. The minimum atomic E-state index is -0.837. The van der Waals surface area contributed by atoms with Crippen LogP contribution in [-0.2, 0) is 4.79 Å². The van der Waals surface area contributed by atoms with Gasteiger partial charge in [0.05, 0.1) is 12.7 Å². The zero-order valence-corrected chi connectivity index (χ0v) is 9.28. The second-order valence-corrected chi connectivity index (χ2v) is 4.54. The maximum absolute atomic E-state index is 11.6. The highest BCUT2D eigenvalue weighted by Gasteiger charge is 2.24. The average molecular weight is 215 g/mol. The third-order valence-electron chi connectivity index (χ3n) is 3.11. The van der Waals surface area contributed by atoms with Gasteiger partial charge in [0.15, 0.2) is 0 Å². The van der Waals surface area contributed by atoms with Crippen LogP contribution >= 0.6 is 0 Å². The van der Waals surface area contributed by atoms with E-state index in [-0.39, 0.29) is 25.0 Å². The molecule has 0 aliphatic heterocycles. The lowest BCUT2D eigenvalue weighted by Crippen LogP contribution is -2.38. The normalized spacial score (nSPS) is 28.5. The average Bonchev–Trinajstić information content (AvgIpc) is 2.26. The molecule has 88 valence electrons. The van der Waals surface area contributed by atoms with Gasteiger partial charge in [0.1, 0.15) is 0 Å². The van der Waals surface area contributed by atoms with E-state index >= 15 is 0 Å². The van der Waals surface area contributed by atoms with Gasteiger partial charge in [-0.25, -0.2) is 0 Å². The van der Waals surface area contributed by atoms with Crippen molar-refractivity contribution in [2.24, 2.45) is 11.8 Å². The minimum absolute atomic E-state index is 0.0226. The molecule has 15 heavy (non-hydrogen) atoms. The molecule has 0 heterocycles. The number of carbonyl (C=O) groups excluding carboxylic acids is 1. The zero-order chi connectivity index (χ0) is 11.3. The highest BCUT2D eigenvalue weighted by Crippen LogP contribution is 2.28. The SMILES string of the molecule is CC1CCC(C(=O)NCC(O)CO)CC1. The van der Waals surface area contributed by atoms with Crippen molar-refractivity contribution in [2.75, 3.05) is 13.2 Å². The van der Waals surface area contributed by atoms with Gasteiger partial charge in [-0.1, -0.05) is 6.92 Å². The summed E-state index contributed by atoms with van der Waals surface area (Å²) in [4.78, 5) is 11.6. The van der Waals surface area contributed by atoms with Gasteiger partial charge >= 0.3 is 0 Å². The molecule has 1 unspecified atom stereocenters. The molecule has 4 nitrogen and oxygen atoms in total. The summed E-state index contributed by atoms with van der Waals surface area (Å²) in [5.41, 5.74) is 0. The molecule has 4 heteroatoms. The number of amides is 1. The van der Waals surface area contributed by atoms with Crippen LogP contribution in [0.1, 0.15) is 32.6 Å². The lowest BCUT2D eigenvalue weighted by molar-refractivity contribution is -0.126. The highest BCUT2D eigenvalue weighted by molar-refractivity contribution is 5.78. The van der Waals surface area contributed by atoms with Gasteiger partial charge in [0.25, 0.3) is 0 Å². The highest BCUT2D eigenvalue weighted by atomic mass is 16.3. The first-order valence-electron chi connectivity index (χ1n) is 5.70. The quantitative estimate of drug-likeness (QED) is 0.631. The molecule has 0 radical (unpaired) electrons. The molecule has 1 rings (SSSR count). The van der Waals surface area contributed by atoms with Crippen molar-refractivity contribution in [3.8, 4) is 0 Å². The monoisotopic (exact) mass is 215 g/mol. The smallest absolute Gasteiger partial charge is 0.223 e. The largest absolute Gasteiger partial charge is 0.394 e. The van der Waals surface area contributed by atoms with Crippen LogP contribution in [0.3, 0.4) is 0 Å². The Balaban J connectivity index is 2.22. The van der Waals surface area contributed by atoms with Crippen LogP contribution in [0.2, 0.25) is 0 Å². The van der Waals surface area contributed by atoms with E-state index in [1.807, 2.05) is 0 Å². The van der Waals surface area contributed by atoms with Crippen molar-refractivity contribution in [3.63, 3.8) is 0 Å². The van der Waals surface area contributed by atoms with Crippen LogP contribution in [0, 0.1) is 11.8 Å². The molecule has 3 N–H and O–H groups in total. The summed E-state index contributed by atoms with van der Waals surface area (Å²) >= 11 is 0. The van der Waals surface area contributed by atoms with Crippen LogP contribution < -0.4 is 5.32 Å². The fourth-order valence-corrected chi connectivity index (χ4v) is 1.95. The molecular weight excluding hydrogens is 194 g/mol. The van der Waals surface area contributed by atoms with E-state index in [2.05, 4.69) is 12.2 Å². The lowest BCUT2D eigenvalue weighted by atomic mass is 9.82. The number of hydrogen-bond acceptors (Lipinski definition) is 3. The molecule has 1 aliphatic rings. The maximum atomic E-state index is 11.6. The number of aliphatic hydroxyl groups excluding tert-OH is 2. The van der Waals surface area contributed by atoms with Crippen molar-refractivity contribution in [1.82, 2.24) is 5.32 Å². The van der Waals surface area contributed by atoms with Crippen molar-refractivity contribution in [2.45, 2.75) is 38.7 Å². The first-order valence-corrected chi connectivity index (χ1v) is 5.70. The fraction of sp³-hybridized carbons (Fsp3) is 0.909. The second kappa shape index (κ2) is 6.08. The molecule has 0 spiro atoms. The number of nitrogens with one attached hydrogen (secondary N) is 1. The molecule has 1 fully saturated rings. The number of hydrogen-bond donors (Lipinski definition) is 3. The Morgan fingerprint density at radius 2 is 2.00 bits per heavy atom. The Hall–Kier alpha value is -0.610. The van der Waals surface area contributed by atoms with Crippen LogP contribution in [-0.4, -0.2) is 35.4 Å². The van der Waals surface area contributed by atoms with Crippen molar-refractivity contribution in [1.29, 1.82) is 0 Å². The molecule has 1 saturated carbocycles. The van der Waals surface area contributed by atoms with E-state index in [4.69, 9.17) is 10.2 Å². The Morgan fingerprint density at radius 3 is 2.53 bits per heavy atom. The topological polar surface area (TPSA) is 69.6 Å². The summed E-state index contributed by atoms with van der Waals surface area (Å²) in [6.45, 7) is 2.06. The maximum Gasteiger partial charge on any atom is 0.223 e. The van der Waals surface area contributed by atoms with Gasteiger partial charge < -0.3 is 15.5 Å². The fourth-order valence-electron chi connectivity index (χ4n) is 1.95. The van der Waals surface area contributed by atoms with Gasteiger partial charge in [-0.2, -0.15) is 0 Å². The third-order valence-corrected chi connectivity index (χ3v) is 3.11. The molecule has 1 amide bonds. The number of carbonyl (C=O) groups is 1.